The molecule has 4 heteroatoms. The van der Waals surface area contributed by atoms with Crippen molar-refractivity contribution in [2.24, 2.45) is 11.1 Å². The van der Waals surface area contributed by atoms with Gasteiger partial charge in [-0.25, -0.2) is 4.39 Å². The quantitative estimate of drug-likeness (QED) is 0.884. The molecular formula is C15H23FN2O. The van der Waals surface area contributed by atoms with Crippen LogP contribution < -0.4 is 11.1 Å². The lowest BCUT2D eigenvalue weighted by Crippen LogP contribution is -2.51. The zero-order chi connectivity index (χ0) is 14.8. The average Bonchev–Trinajstić information content (AvgIpc) is 2.24. The minimum absolute atomic E-state index is 0.196. The summed E-state index contributed by atoms with van der Waals surface area (Å²) < 4.78 is 13.0. The topological polar surface area (TPSA) is 55.1 Å². The molecule has 1 aromatic carbocycles. The van der Waals surface area contributed by atoms with E-state index in [4.69, 9.17) is 5.73 Å². The first-order valence-corrected chi connectivity index (χ1v) is 6.37. The first-order valence-electron chi connectivity index (χ1n) is 6.37. The minimum Gasteiger partial charge on any atom is -0.347 e. The maximum atomic E-state index is 13.0. The van der Waals surface area contributed by atoms with Crippen molar-refractivity contribution in [3.8, 4) is 0 Å². The van der Waals surface area contributed by atoms with Crippen molar-refractivity contribution in [3.05, 3.63) is 35.6 Å². The molecule has 0 bridgehead atoms. The summed E-state index contributed by atoms with van der Waals surface area (Å²) in [6.07, 6.45) is 0. The molecule has 0 spiro atoms. The zero-order valence-electron chi connectivity index (χ0n) is 12.3. The third kappa shape index (κ3) is 4.31. The second kappa shape index (κ2) is 5.29. The average molecular weight is 266 g/mol. The predicted octanol–water partition coefficient (Wildman–Crippen LogP) is 2.77. The Kier molecular flexibility index (Phi) is 4.35. The highest BCUT2D eigenvalue weighted by Gasteiger charge is 2.31. The van der Waals surface area contributed by atoms with Crippen molar-refractivity contribution < 1.29 is 9.18 Å². The fourth-order valence-electron chi connectivity index (χ4n) is 1.77. The zero-order valence-corrected chi connectivity index (χ0v) is 12.3. The van der Waals surface area contributed by atoms with Gasteiger partial charge in [0.15, 0.2) is 0 Å². The Bertz CT molecular complexity index is 441. The molecule has 0 aliphatic carbocycles. The van der Waals surface area contributed by atoms with E-state index < -0.39 is 5.54 Å². The monoisotopic (exact) mass is 266 g/mol. The molecule has 3 nitrogen and oxygen atoms in total. The highest BCUT2D eigenvalue weighted by Crippen LogP contribution is 2.33. The highest BCUT2D eigenvalue weighted by molar-refractivity contribution is 5.85. The van der Waals surface area contributed by atoms with E-state index in [0.29, 0.717) is 0 Å². The van der Waals surface area contributed by atoms with E-state index >= 15 is 0 Å². The Hall–Kier alpha value is -1.42. The molecule has 1 amide bonds. The Balaban J connectivity index is 3.04. The maximum Gasteiger partial charge on any atom is 0.240 e. The lowest BCUT2D eigenvalue weighted by molar-refractivity contribution is -0.126. The van der Waals surface area contributed by atoms with Gasteiger partial charge >= 0.3 is 0 Å². The number of halogens is 1. The molecule has 19 heavy (non-hydrogen) atoms. The van der Waals surface area contributed by atoms with Crippen molar-refractivity contribution >= 4 is 5.91 Å². The van der Waals surface area contributed by atoms with Crippen LogP contribution in [0.5, 0.6) is 0 Å². The molecule has 1 rings (SSSR count). The summed E-state index contributed by atoms with van der Waals surface area (Å²) in [6, 6.07) is 5.95. The Morgan fingerprint density at radius 3 is 2.00 bits per heavy atom. The Labute approximate surface area is 114 Å². The van der Waals surface area contributed by atoms with Gasteiger partial charge in [-0.2, -0.15) is 0 Å². The standard InChI is InChI=1S/C15H23FN2O/c1-14(2,3)12(18-13(19)15(4,5)17)10-6-8-11(16)9-7-10/h6-9,12H,17H2,1-5H3,(H,18,19). The summed E-state index contributed by atoms with van der Waals surface area (Å²) in [6.45, 7) is 9.37. The summed E-state index contributed by atoms with van der Waals surface area (Å²) in [5.74, 6) is -0.515. The molecule has 1 unspecified atom stereocenters. The summed E-state index contributed by atoms with van der Waals surface area (Å²) in [7, 11) is 0. The van der Waals surface area contributed by atoms with E-state index in [9.17, 15) is 9.18 Å². The number of hydrogen-bond acceptors (Lipinski definition) is 2. The molecule has 0 aromatic heterocycles. The second-order valence-corrected chi connectivity index (χ2v) is 6.55. The summed E-state index contributed by atoms with van der Waals surface area (Å²) in [4.78, 5) is 12.1. The van der Waals surface area contributed by atoms with Gasteiger partial charge in [-0.05, 0) is 37.0 Å². The van der Waals surface area contributed by atoms with Crippen LogP contribution in [0.1, 0.15) is 46.2 Å². The van der Waals surface area contributed by atoms with Gasteiger partial charge in [0, 0.05) is 0 Å². The largest absolute Gasteiger partial charge is 0.347 e. The van der Waals surface area contributed by atoms with Crippen LogP contribution in [-0.2, 0) is 4.79 Å². The van der Waals surface area contributed by atoms with Crippen LogP contribution in [0.25, 0.3) is 0 Å². The summed E-state index contributed by atoms with van der Waals surface area (Å²) in [5, 5.41) is 2.95. The number of nitrogens with two attached hydrogens (primary N) is 1. The lowest BCUT2D eigenvalue weighted by Gasteiger charge is -2.34. The Morgan fingerprint density at radius 1 is 1.16 bits per heavy atom. The molecule has 1 aromatic rings. The number of amides is 1. The number of rotatable bonds is 3. The number of benzene rings is 1. The van der Waals surface area contributed by atoms with Gasteiger partial charge < -0.3 is 11.1 Å². The van der Waals surface area contributed by atoms with Crippen molar-refractivity contribution in [2.45, 2.75) is 46.2 Å². The molecule has 0 fully saturated rings. The molecule has 0 heterocycles. The Morgan fingerprint density at radius 2 is 1.63 bits per heavy atom. The van der Waals surface area contributed by atoms with Crippen LogP contribution in [0.4, 0.5) is 4.39 Å². The summed E-state index contributed by atoms with van der Waals surface area (Å²) in [5.41, 5.74) is 5.53. The van der Waals surface area contributed by atoms with Gasteiger partial charge in [0.05, 0.1) is 11.6 Å². The third-order valence-corrected chi connectivity index (χ3v) is 2.93. The van der Waals surface area contributed by atoms with Crippen LogP contribution >= 0.6 is 0 Å². The normalized spacial score (nSPS) is 14.1. The molecule has 0 aliphatic rings. The van der Waals surface area contributed by atoms with Gasteiger partial charge in [0.2, 0.25) is 5.91 Å². The van der Waals surface area contributed by atoms with Crippen molar-refractivity contribution in [1.29, 1.82) is 0 Å². The van der Waals surface area contributed by atoms with Crippen molar-refractivity contribution in [2.75, 3.05) is 0 Å². The fourth-order valence-corrected chi connectivity index (χ4v) is 1.77. The van der Waals surface area contributed by atoms with E-state index in [-0.39, 0.29) is 23.2 Å². The van der Waals surface area contributed by atoms with Crippen LogP contribution in [-0.4, -0.2) is 11.4 Å². The molecule has 0 saturated carbocycles. The number of nitrogens with one attached hydrogen (secondary N) is 1. The van der Waals surface area contributed by atoms with Gasteiger partial charge in [-0.3, -0.25) is 4.79 Å². The van der Waals surface area contributed by atoms with Gasteiger partial charge in [-0.15, -0.1) is 0 Å². The van der Waals surface area contributed by atoms with Crippen LogP contribution in [0.15, 0.2) is 24.3 Å². The molecule has 1 atom stereocenters. The molecular weight excluding hydrogens is 243 g/mol. The van der Waals surface area contributed by atoms with E-state index in [0.717, 1.165) is 5.56 Å². The number of carbonyl (C=O) groups excluding carboxylic acids is 1. The number of hydrogen-bond donors (Lipinski definition) is 2. The molecule has 106 valence electrons. The number of carbonyl (C=O) groups is 1. The smallest absolute Gasteiger partial charge is 0.240 e. The van der Waals surface area contributed by atoms with Crippen LogP contribution in [0.3, 0.4) is 0 Å². The fraction of sp³-hybridized carbons (Fsp3) is 0.533. The second-order valence-electron chi connectivity index (χ2n) is 6.55. The lowest BCUT2D eigenvalue weighted by atomic mass is 9.82. The minimum atomic E-state index is -0.941. The van der Waals surface area contributed by atoms with E-state index in [1.54, 1.807) is 26.0 Å². The molecule has 3 N–H and O–H groups in total. The third-order valence-electron chi connectivity index (χ3n) is 2.93. The first kappa shape index (κ1) is 15.6. The highest BCUT2D eigenvalue weighted by atomic mass is 19.1. The maximum absolute atomic E-state index is 13.0. The van der Waals surface area contributed by atoms with Crippen LogP contribution in [0.2, 0.25) is 0 Å². The van der Waals surface area contributed by atoms with E-state index in [1.165, 1.54) is 12.1 Å². The van der Waals surface area contributed by atoms with Crippen molar-refractivity contribution in [1.82, 2.24) is 5.32 Å². The SMILES string of the molecule is CC(C)(N)C(=O)NC(c1ccc(F)cc1)C(C)(C)C. The van der Waals surface area contributed by atoms with Gasteiger partial charge in [0.25, 0.3) is 0 Å². The van der Waals surface area contributed by atoms with Crippen LogP contribution in [0, 0.1) is 11.2 Å². The predicted molar refractivity (Wildman–Crippen MR) is 75.0 cm³/mol. The van der Waals surface area contributed by atoms with Gasteiger partial charge in [0.1, 0.15) is 5.82 Å². The van der Waals surface area contributed by atoms with Crippen molar-refractivity contribution in [3.63, 3.8) is 0 Å². The van der Waals surface area contributed by atoms with Gasteiger partial charge in [-0.1, -0.05) is 32.9 Å². The molecule has 0 radical (unpaired) electrons. The van der Waals surface area contributed by atoms with E-state index in [2.05, 4.69) is 5.32 Å². The van der Waals surface area contributed by atoms with E-state index in [1.807, 2.05) is 20.8 Å². The summed E-state index contributed by atoms with van der Waals surface area (Å²) >= 11 is 0. The first-order chi connectivity index (χ1) is 8.51. The molecule has 0 saturated heterocycles. The molecule has 0 aliphatic heterocycles.